The van der Waals surface area contributed by atoms with Gasteiger partial charge in [-0.15, -0.1) is 0 Å². The van der Waals surface area contributed by atoms with Crippen molar-refractivity contribution in [3.05, 3.63) is 24.4 Å². The molecule has 0 atom stereocenters. The number of carbonyl (C=O) groups excluding carboxylic acids is 2. The molecule has 0 spiro atoms. The van der Waals surface area contributed by atoms with Gasteiger partial charge in [0.15, 0.2) is 0 Å². The highest BCUT2D eigenvalue weighted by Gasteiger charge is 2.20. The van der Waals surface area contributed by atoms with Crippen LogP contribution in [0, 0.1) is 0 Å². The first-order valence-corrected chi connectivity index (χ1v) is 6.70. The Kier molecular flexibility index (Phi) is 6.57. The Bertz CT molecular complexity index is 406. The number of hydrogen-bond acceptors (Lipinski definition) is 3. The molecule has 0 aromatic carbocycles. The van der Waals surface area contributed by atoms with Gasteiger partial charge in [-0.2, -0.15) is 0 Å². The van der Waals surface area contributed by atoms with Crippen LogP contribution in [-0.2, 0) is 9.59 Å². The van der Waals surface area contributed by atoms with Crippen LogP contribution in [0.4, 0.5) is 5.82 Å². The molecule has 0 fully saturated rings. The van der Waals surface area contributed by atoms with E-state index in [1.807, 2.05) is 6.92 Å². The second-order valence-corrected chi connectivity index (χ2v) is 4.31. The number of carbonyl (C=O) groups is 2. The van der Waals surface area contributed by atoms with Crippen molar-refractivity contribution in [3.8, 4) is 0 Å². The molecule has 1 aromatic rings. The van der Waals surface area contributed by atoms with Crippen LogP contribution in [0.3, 0.4) is 0 Å². The fourth-order valence-electron chi connectivity index (χ4n) is 1.68. The molecule has 0 saturated heterocycles. The zero-order valence-corrected chi connectivity index (χ0v) is 11.6. The van der Waals surface area contributed by atoms with E-state index < -0.39 is 11.8 Å². The molecule has 0 radical (unpaired) electrons. The number of anilines is 1. The first-order valence-electron chi connectivity index (χ1n) is 6.70. The van der Waals surface area contributed by atoms with E-state index in [1.165, 1.54) is 0 Å². The molecule has 19 heavy (non-hydrogen) atoms. The fraction of sp³-hybridized carbons (Fsp3) is 0.500. The van der Waals surface area contributed by atoms with Gasteiger partial charge in [0.25, 0.3) is 0 Å². The Morgan fingerprint density at radius 3 is 2.58 bits per heavy atom. The average molecular weight is 263 g/mol. The summed E-state index contributed by atoms with van der Waals surface area (Å²) < 4.78 is 0. The van der Waals surface area contributed by atoms with Crippen molar-refractivity contribution in [2.75, 3.05) is 18.4 Å². The molecule has 2 amide bonds. The van der Waals surface area contributed by atoms with Crippen molar-refractivity contribution in [1.82, 2.24) is 9.88 Å². The van der Waals surface area contributed by atoms with Crippen LogP contribution < -0.4 is 5.32 Å². The number of amides is 2. The molecule has 1 rings (SSSR count). The van der Waals surface area contributed by atoms with Gasteiger partial charge in [0.2, 0.25) is 0 Å². The third kappa shape index (κ3) is 5.07. The summed E-state index contributed by atoms with van der Waals surface area (Å²) in [6, 6.07) is 5.16. The Morgan fingerprint density at radius 2 is 2.00 bits per heavy atom. The first-order chi connectivity index (χ1) is 9.19. The highest BCUT2D eigenvalue weighted by atomic mass is 16.2. The van der Waals surface area contributed by atoms with Crippen molar-refractivity contribution in [2.45, 2.75) is 33.1 Å². The maximum absolute atomic E-state index is 12.0. The summed E-state index contributed by atoms with van der Waals surface area (Å²) in [5, 5.41) is 2.52. The van der Waals surface area contributed by atoms with Crippen LogP contribution in [0.1, 0.15) is 33.1 Å². The zero-order chi connectivity index (χ0) is 14.1. The second-order valence-electron chi connectivity index (χ2n) is 4.31. The van der Waals surface area contributed by atoms with E-state index in [-0.39, 0.29) is 0 Å². The summed E-state index contributed by atoms with van der Waals surface area (Å²) in [5.74, 6) is -0.711. The van der Waals surface area contributed by atoms with E-state index in [9.17, 15) is 9.59 Å². The van der Waals surface area contributed by atoms with Crippen LogP contribution in [0.2, 0.25) is 0 Å². The summed E-state index contributed by atoms with van der Waals surface area (Å²) in [4.78, 5) is 29.4. The molecule has 5 heteroatoms. The fourth-order valence-corrected chi connectivity index (χ4v) is 1.68. The molecular weight excluding hydrogens is 242 g/mol. The minimum absolute atomic E-state index is 0.396. The molecule has 1 N–H and O–H groups in total. The van der Waals surface area contributed by atoms with Crippen molar-refractivity contribution in [1.29, 1.82) is 0 Å². The summed E-state index contributed by atoms with van der Waals surface area (Å²) in [6.07, 6.45) is 4.31. The van der Waals surface area contributed by atoms with Gasteiger partial charge in [-0.1, -0.05) is 26.3 Å². The van der Waals surface area contributed by atoms with Crippen LogP contribution in [0.25, 0.3) is 0 Å². The number of pyridine rings is 1. The molecule has 1 heterocycles. The normalized spacial score (nSPS) is 10.0. The molecule has 5 nitrogen and oxygen atoms in total. The Balaban J connectivity index is 2.60. The Hall–Kier alpha value is -1.91. The highest BCUT2D eigenvalue weighted by molar-refractivity contribution is 6.39. The second kappa shape index (κ2) is 8.24. The van der Waals surface area contributed by atoms with E-state index in [1.54, 1.807) is 29.3 Å². The number of aromatic nitrogens is 1. The maximum atomic E-state index is 12.0. The zero-order valence-electron chi connectivity index (χ0n) is 11.6. The Morgan fingerprint density at radius 1 is 1.21 bits per heavy atom. The standard InChI is InChI=1S/C14H21N3O2/c1-3-5-11-17(10-4-2)14(19)13(18)16-12-8-6-7-9-15-12/h6-9H,3-5,10-11H2,1-2H3,(H,15,16,18). The third-order valence-corrected chi connectivity index (χ3v) is 2.66. The van der Waals surface area contributed by atoms with Gasteiger partial charge in [-0.05, 0) is 25.0 Å². The lowest BCUT2D eigenvalue weighted by atomic mass is 10.3. The van der Waals surface area contributed by atoms with E-state index in [0.717, 1.165) is 19.3 Å². The summed E-state index contributed by atoms with van der Waals surface area (Å²) in [5.41, 5.74) is 0. The largest absolute Gasteiger partial charge is 0.334 e. The lowest BCUT2D eigenvalue weighted by Gasteiger charge is -2.21. The molecule has 0 bridgehead atoms. The number of unbranched alkanes of at least 4 members (excludes halogenated alkanes) is 1. The van der Waals surface area contributed by atoms with Crippen LogP contribution >= 0.6 is 0 Å². The molecule has 0 saturated carbocycles. The van der Waals surface area contributed by atoms with E-state index in [4.69, 9.17) is 0 Å². The van der Waals surface area contributed by atoms with Crippen molar-refractivity contribution in [3.63, 3.8) is 0 Å². The minimum Gasteiger partial charge on any atom is -0.334 e. The maximum Gasteiger partial charge on any atom is 0.315 e. The van der Waals surface area contributed by atoms with Crippen molar-refractivity contribution < 1.29 is 9.59 Å². The van der Waals surface area contributed by atoms with E-state index >= 15 is 0 Å². The quantitative estimate of drug-likeness (QED) is 0.799. The molecule has 0 aliphatic rings. The molecule has 0 aliphatic heterocycles. The molecule has 104 valence electrons. The first kappa shape index (κ1) is 15.1. The lowest BCUT2D eigenvalue weighted by molar-refractivity contribution is -0.143. The molecule has 0 aliphatic carbocycles. The van der Waals surface area contributed by atoms with Gasteiger partial charge >= 0.3 is 11.8 Å². The van der Waals surface area contributed by atoms with Gasteiger partial charge in [0.05, 0.1) is 0 Å². The van der Waals surface area contributed by atoms with Gasteiger partial charge in [-0.25, -0.2) is 4.98 Å². The highest BCUT2D eigenvalue weighted by Crippen LogP contribution is 2.03. The van der Waals surface area contributed by atoms with Crippen LogP contribution in [0.5, 0.6) is 0 Å². The lowest BCUT2D eigenvalue weighted by Crippen LogP contribution is -2.40. The van der Waals surface area contributed by atoms with E-state index in [0.29, 0.717) is 18.9 Å². The summed E-state index contributed by atoms with van der Waals surface area (Å²) >= 11 is 0. The number of nitrogens with one attached hydrogen (secondary N) is 1. The van der Waals surface area contributed by atoms with Crippen molar-refractivity contribution in [2.24, 2.45) is 0 Å². The monoisotopic (exact) mass is 263 g/mol. The minimum atomic E-state index is -0.622. The topological polar surface area (TPSA) is 62.3 Å². The Labute approximate surface area is 114 Å². The molecule has 1 aromatic heterocycles. The van der Waals surface area contributed by atoms with Gasteiger partial charge < -0.3 is 10.2 Å². The van der Waals surface area contributed by atoms with Gasteiger partial charge in [-0.3, -0.25) is 9.59 Å². The summed E-state index contributed by atoms with van der Waals surface area (Å²) in [6.45, 7) is 5.28. The summed E-state index contributed by atoms with van der Waals surface area (Å²) in [7, 11) is 0. The van der Waals surface area contributed by atoms with Crippen molar-refractivity contribution >= 4 is 17.6 Å². The molecular formula is C14H21N3O2. The number of hydrogen-bond donors (Lipinski definition) is 1. The van der Waals surface area contributed by atoms with Crippen LogP contribution in [0.15, 0.2) is 24.4 Å². The predicted molar refractivity (Wildman–Crippen MR) is 74.6 cm³/mol. The number of nitrogens with zero attached hydrogens (tertiary/aromatic N) is 2. The number of rotatable bonds is 6. The predicted octanol–water partition coefficient (Wildman–Crippen LogP) is 2.06. The average Bonchev–Trinajstić information content (AvgIpc) is 2.43. The molecule has 0 unspecified atom stereocenters. The SMILES string of the molecule is CCCCN(CCC)C(=O)C(=O)Nc1ccccn1. The van der Waals surface area contributed by atoms with E-state index in [2.05, 4.69) is 17.2 Å². The van der Waals surface area contributed by atoms with Gasteiger partial charge in [0, 0.05) is 19.3 Å². The third-order valence-electron chi connectivity index (χ3n) is 2.66. The smallest absolute Gasteiger partial charge is 0.315 e. The van der Waals surface area contributed by atoms with Gasteiger partial charge in [0.1, 0.15) is 5.82 Å². The van der Waals surface area contributed by atoms with Crippen LogP contribution in [-0.4, -0.2) is 34.8 Å².